The molecule has 0 saturated carbocycles. The van der Waals surface area contributed by atoms with Crippen LogP contribution < -0.4 is 4.90 Å². The first-order valence-corrected chi connectivity index (χ1v) is 11.2. The van der Waals surface area contributed by atoms with Crippen LogP contribution in [-0.4, -0.2) is 44.4 Å². The molecule has 0 atom stereocenters. The molecule has 0 N–H and O–H groups in total. The number of carbonyl (C=O) groups is 1. The Morgan fingerprint density at radius 2 is 2.00 bits per heavy atom. The Morgan fingerprint density at radius 1 is 1.26 bits per heavy atom. The fraction of sp³-hybridized carbons (Fsp3) is 0.238. The highest BCUT2D eigenvalue weighted by Gasteiger charge is 2.33. The molecule has 0 aliphatic carbocycles. The molecule has 0 saturated heterocycles. The smallest absolute Gasteiger partial charge is 0.264 e. The minimum absolute atomic E-state index is 0.00351. The van der Waals surface area contributed by atoms with Gasteiger partial charge in [0.25, 0.3) is 5.91 Å². The number of aryl methyl sites for hydroxylation is 1. The van der Waals surface area contributed by atoms with Crippen LogP contribution in [0, 0.1) is 12.7 Å². The summed E-state index contributed by atoms with van der Waals surface area (Å²) in [7, 11) is -0.668. The van der Waals surface area contributed by atoms with Crippen molar-refractivity contribution in [2.45, 2.75) is 18.2 Å². The molecule has 3 aromatic rings. The third-order valence-electron chi connectivity index (χ3n) is 5.25. The van der Waals surface area contributed by atoms with E-state index in [1.807, 2.05) is 0 Å². The second-order valence-electron chi connectivity index (χ2n) is 7.34. The number of carbonyl (C=O) groups excluding carboxylic acids is 1. The summed E-state index contributed by atoms with van der Waals surface area (Å²) in [5.74, 6) is -0.801. The Morgan fingerprint density at radius 3 is 2.68 bits per heavy atom. The number of rotatable bonds is 4. The monoisotopic (exact) mass is 463 g/mol. The minimum atomic E-state index is -3.59. The van der Waals surface area contributed by atoms with E-state index < -0.39 is 21.7 Å². The first-order valence-electron chi connectivity index (χ1n) is 9.41. The zero-order valence-corrected chi connectivity index (χ0v) is 18.6. The molecule has 10 heteroatoms. The summed E-state index contributed by atoms with van der Waals surface area (Å²) in [6.45, 7) is 1.91. The summed E-state index contributed by atoms with van der Waals surface area (Å²) in [6.07, 6.45) is 0.484. The summed E-state index contributed by atoms with van der Waals surface area (Å²) >= 11 is 6.17. The summed E-state index contributed by atoms with van der Waals surface area (Å²) in [4.78, 5) is 15.1. The number of nitrogens with zero attached hydrogens (tertiary/aromatic N) is 3. The Kier molecular flexibility index (Phi) is 5.36. The normalized spacial score (nSPS) is 13.7. The Bertz CT molecular complexity index is 1280. The molecule has 2 aromatic carbocycles. The predicted octanol–water partition coefficient (Wildman–Crippen LogP) is 3.90. The molecule has 0 fully saturated rings. The van der Waals surface area contributed by atoms with E-state index in [0.717, 1.165) is 9.87 Å². The summed E-state index contributed by atoms with van der Waals surface area (Å²) < 4.78 is 45.7. The zero-order valence-electron chi connectivity index (χ0n) is 17.0. The molecule has 1 aliphatic rings. The van der Waals surface area contributed by atoms with Crippen molar-refractivity contribution in [2.75, 3.05) is 25.5 Å². The topological polar surface area (TPSA) is 83.7 Å². The maximum absolute atomic E-state index is 14.5. The van der Waals surface area contributed by atoms with Gasteiger partial charge in [0, 0.05) is 26.3 Å². The van der Waals surface area contributed by atoms with E-state index in [-0.39, 0.29) is 32.5 Å². The summed E-state index contributed by atoms with van der Waals surface area (Å²) in [5, 5.41) is 4.00. The van der Waals surface area contributed by atoms with Crippen LogP contribution >= 0.6 is 11.6 Å². The number of fused-ring (bicyclic) bond motifs is 1. The molecule has 0 radical (unpaired) electrons. The van der Waals surface area contributed by atoms with E-state index in [0.29, 0.717) is 18.7 Å². The summed E-state index contributed by atoms with van der Waals surface area (Å²) in [5.41, 5.74) is 1.47. The van der Waals surface area contributed by atoms with Crippen LogP contribution in [0.4, 0.5) is 10.1 Å². The van der Waals surface area contributed by atoms with Gasteiger partial charge in [-0.15, -0.1) is 0 Å². The van der Waals surface area contributed by atoms with Gasteiger partial charge >= 0.3 is 0 Å². The quantitative estimate of drug-likeness (QED) is 0.586. The average molecular weight is 464 g/mol. The van der Waals surface area contributed by atoms with Crippen molar-refractivity contribution in [1.82, 2.24) is 9.46 Å². The van der Waals surface area contributed by atoms with Gasteiger partial charge in [-0.05, 0) is 49.2 Å². The van der Waals surface area contributed by atoms with Crippen LogP contribution in [0.15, 0.2) is 45.8 Å². The van der Waals surface area contributed by atoms with Crippen LogP contribution in [0.3, 0.4) is 0 Å². The van der Waals surface area contributed by atoms with Crippen LogP contribution in [0.25, 0.3) is 11.3 Å². The minimum Gasteiger partial charge on any atom is -0.360 e. The number of sulfonamides is 1. The van der Waals surface area contributed by atoms with E-state index in [1.165, 1.54) is 43.3 Å². The fourth-order valence-electron chi connectivity index (χ4n) is 3.61. The van der Waals surface area contributed by atoms with Crippen molar-refractivity contribution >= 4 is 33.2 Å². The number of hydrogen-bond acceptors (Lipinski definition) is 5. The highest BCUT2D eigenvalue weighted by molar-refractivity contribution is 7.89. The highest BCUT2D eigenvalue weighted by Crippen LogP contribution is 2.37. The second kappa shape index (κ2) is 7.74. The maximum Gasteiger partial charge on any atom is 0.264 e. The molecule has 4 rings (SSSR count). The molecule has 162 valence electrons. The van der Waals surface area contributed by atoms with Gasteiger partial charge in [0.2, 0.25) is 10.0 Å². The molecule has 0 spiro atoms. The molecule has 0 unspecified atom stereocenters. The van der Waals surface area contributed by atoms with Gasteiger partial charge in [-0.25, -0.2) is 17.1 Å². The van der Waals surface area contributed by atoms with Crippen molar-refractivity contribution in [3.8, 4) is 11.3 Å². The van der Waals surface area contributed by atoms with Crippen molar-refractivity contribution in [3.63, 3.8) is 0 Å². The van der Waals surface area contributed by atoms with E-state index in [9.17, 15) is 17.6 Å². The van der Waals surface area contributed by atoms with E-state index in [2.05, 4.69) is 5.16 Å². The van der Waals surface area contributed by atoms with E-state index >= 15 is 0 Å². The first-order chi connectivity index (χ1) is 14.6. The van der Waals surface area contributed by atoms with Crippen molar-refractivity contribution in [1.29, 1.82) is 0 Å². The second-order valence-corrected chi connectivity index (χ2v) is 9.90. The molecule has 1 aliphatic heterocycles. The lowest BCUT2D eigenvalue weighted by Crippen LogP contribution is -2.29. The van der Waals surface area contributed by atoms with Gasteiger partial charge in [-0.3, -0.25) is 4.79 Å². The van der Waals surface area contributed by atoms with Crippen molar-refractivity contribution in [2.24, 2.45) is 0 Å². The molecule has 31 heavy (non-hydrogen) atoms. The van der Waals surface area contributed by atoms with Gasteiger partial charge in [0.05, 0.1) is 15.5 Å². The van der Waals surface area contributed by atoms with E-state index in [4.69, 9.17) is 16.1 Å². The number of amides is 1. The average Bonchev–Trinajstić information content (AvgIpc) is 3.30. The molecule has 0 bridgehead atoms. The predicted molar refractivity (Wildman–Crippen MR) is 114 cm³/mol. The Balaban J connectivity index is 1.76. The van der Waals surface area contributed by atoms with Crippen LogP contribution in [0.2, 0.25) is 5.02 Å². The third-order valence-corrected chi connectivity index (χ3v) is 7.37. The van der Waals surface area contributed by atoms with E-state index in [1.54, 1.807) is 19.1 Å². The fourth-order valence-corrected chi connectivity index (χ4v) is 4.82. The number of hydrogen-bond donors (Lipinski definition) is 0. The van der Waals surface area contributed by atoms with Crippen molar-refractivity contribution < 1.29 is 22.1 Å². The lowest BCUT2D eigenvalue weighted by atomic mass is 10.0. The maximum atomic E-state index is 14.5. The number of halogens is 2. The first kappa shape index (κ1) is 21.5. The van der Waals surface area contributed by atoms with Gasteiger partial charge in [0.15, 0.2) is 0 Å². The molecular weight excluding hydrogens is 445 g/mol. The van der Waals surface area contributed by atoms with Gasteiger partial charge in [-0.2, -0.15) is 0 Å². The molecule has 1 aromatic heterocycles. The Hall–Kier alpha value is -2.75. The number of anilines is 1. The molecule has 2 heterocycles. The van der Waals surface area contributed by atoms with Gasteiger partial charge < -0.3 is 9.42 Å². The van der Waals surface area contributed by atoms with Gasteiger partial charge in [-0.1, -0.05) is 22.8 Å². The van der Waals surface area contributed by atoms with Crippen LogP contribution in [-0.2, 0) is 16.4 Å². The SMILES string of the molecule is Cc1onc(-c2c(F)cccc2Cl)c1C(=O)N1CCc2cc(S(=O)(=O)N(C)C)ccc21. The zero-order chi connectivity index (χ0) is 22.5. The highest BCUT2D eigenvalue weighted by atomic mass is 35.5. The largest absolute Gasteiger partial charge is 0.360 e. The van der Waals surface area contributed by atoms with Gasteiger partial charge in [0.1, 0.15) is 22.8 Å². The Labute approximate surface area is 184 Å². The molecule has 7 nitrogen and oxygen atoms in total. The lowest BCUT2D eigenvalue weighted by molar-refractivity contribution is 0.0988. The number of benzene rings is 2. The third kappa shape index (κ3) is 3.52. The van der Waals surface area contributed by atoms with Crippen LogP contribution in [0.1, 0.15) is 21.7 Å². The van der Waals surface area contributed by atoms with Crippen molar-refractivity contribution in [3.05, 3.63) is 64.1 Å². The summed E-state index contributed by atoms with van der Waals surface area (Å²) in [6, 6.07) is 8.86. The lowest BCUT2D eigenvalue weighted by Gasteiger charge is -2.18. The molecular formula is C21H19ClFN3O4S. The standard InChI is InChI=1S/C21H19ClFN3O4S/c1-12-18(20(24-30-12)19-15(22)5-4-6-16(19)23)21(27)26-10-9-13-11-14(7-8-17(13)26)31(28,29)25(2)3/h4-8,11H,9-10H2,1-3H3. The van der Waals surface area contributed by atoms with Crippen LogP contribution in [0.5, 0.6) is 0 Å². The number of aromatic nitrogens is 1. The molecule has 1 amide bonds.